The quantitative estimate of drug-likeness (QED) is 0.464. The smallest absolute Gasteiger partial charge is 0.0645 e. The van der Waals surface area contributed by atoms with Gasteiger partial charge in [-0.25, -0.2) is 0 Å². The molecule has 1 N–H and O–H groups in total. The molecule has 0 aliphatic carbocycles. The van der Waals surface area contributed by atoms with Gasteiger partial charge in [0, 0.05) is 6.54 Å². The third-order valence-corrected chi connectivity index (χ3v) is 0.732. The number of rotatable bonds is 5. The molecule has 0 atom stereocenters. The van der Waals surface area contributed by atoms with Crippen molar-refractivity contribution in [1.29, 1.82) is 0 Å². The van der Waals surface area contributed by atoms with E-state index in [0.29, 0.717) is 6.61 Å². The van der Waals surface area contributed by atoms with Crippen molar-refractivity contribution in [3.05, 3.63) is 12.7 Å². The molecule has 0 heterocycles. The number of hydrogen-bond acceptors (Lipinski definition) is 2. The fraction of sp³-hybridized carbons (Fsp3) is 0.667. The van der Waals surface area contributed by atoms with Crippen LogP contribution in [0.25, 0.3) is 0 Å². The minimum Gasteiger partial charge on any atom is -0.376 e. The Hall–Kier alpha value is -0.0500. The van der Waals surface area contributed by atoms with Gasteiger partial charge in [0.15, 0.2) is 0 Å². The molecule has 3 heteroatoms. The van der Waals surface area contributed by atoms with Crippen LogP contribution in [0.4, 0.5) is 0 Å². The van der Waals surface area contributed by atoms with E-state index >= 15 is 0 Å². The minimum atomic E-state index is 0. The second-order valence-electron chi connectivity index (χ2n) is 1.47. The summed E-state index contributed by atoms with van der Waals surface area (Å²) in [5, 5.41) is 2.97. The summed E-state index contributed by atoms with van der Waals surface area (Å²) in [5.41, 5.74) is 0. The van der Waals surface area contributed by atoms with Gasteiger partial charge in [-0.15, -0.1) is 19.0 Å². The lowest BCUT2D eigenvalue weighted by Crippen LogP contribution is -2.13. The monoisotopic (exact) mass is 151 g/mol. The second-order valence-corrected chi connectivity index (χ2v) is 1.47. The maximum absolute atomic E-state index is 5.04. The molecule has 0 bridgehead atoms. The van der Waals surface area contributed by atoms with Crippen LogP contribution in [-0.4, -0.2) is 26.8 Å². The van der Waals surface area contributed by atoms with Crippen molar-refractivity contribution in [3.63, 3.8) is 0 Å². The molecule has 0 saturated heterocycles. The van der Waals surface area contributed by atoms with Crippen molar-refractivity contribution in [2.24, 2.45) is 0 Å². The van der Waals surface area contributed by atoms with E-state index < -0.39 is 0 Å². The van der Waals surface area contributed by atoms with Gasteiger partial charge in [0.25, 0.3) is 0 Å². The van der Waals surface area contributed by atoms with Crippen molar-refractivity contribution in [3.8, 4) is 0 Å². The lowest BCUT2D eigenvalue weighted by molar-refractivity contribution is 0.166. The predicted molar refractivity (Wildman–Crippen MR) is 42.2 cm³/mol. The average molecular weight is 152 g/mol. The van der Waals surface area contributed by atoms with E-state index in [0.717, 1.165) is 13.2 Å². The van der Waals surface area contributed by atoms with Gasteiger partial charge in [-0.3, -0.25) is 0 Å². The lowest BCUT2D eigenvalue weighted by atomic mass is 10.6. The molecular weight excluding hydrogens is 138 g/mol. The highest BCUT2D eigenvalue weighted by molar-refractivity contribution is 5.85. The molecule has 9 heavy (non-hydrogen) atoms. The van der Waals surface area contributed by atoms with Gasteiger partial charge in [-0.05, 0) is 7.05 Å². The van der Waals surface area contributed by atoms with Crippen LogP contribution in [0.5, 0.6) is 0 Å². The van der Waals surface area contributed by atoms with Crippen LogP contribution >= 0.6 is 12.4 Å². The number of likely N-dealkylation sites (N-methyl/N-ethyl adjacent to an activating group) is 1. The van der Waals surface area contributed by atoms with Crippen molar-refractivity contribution >= 4 is 12.4 Å². The molecule has 0 saturated carbocycles. The van der Waals surface area contributed by atoms with Gasteiger partial charge in [0.1, 0.15) is 0 Å². The topological polar surface area (TPSA) is 21.3 Å². The Labute approximate surface area is 62.7 Å². The van der Waals surface area contributed by atoms with E-state index in [2.05, 4.69) is 11.9 Å². The van der Waals surface area contributed by atoms with Crippen LogP contribution < -0.4 is 5.32 Å². The molecule has 0 radical (unpaired) electrons. The zero-order valence-corrected chi connectivity index (χ0v) is 6.54. The van der Waals surface area contributed by atoms with Gasteiger partial charge in [0.2, 0.25) is 0 Å². The molecule has 0 unspecified atom stereocenters. The van der Waals surface area contributed by atoms with Gasteiger partial charge in [-0.1, -0.05) is 6.08 Å². The maximum atomic E-state index is 5.04. The standard InChI is InChI=1S/C6H13NO.ClH/c1-3-5-8-6-4-7-2;/h3,7H,1,4-6H2,2H3;1H. The Balaban J connectivity index is 0. The Bertz CT molecular complexity index is 59.0. The molecule has 0 aliphatic heterocycles. The molecular formula is C6H14ClNO. The van der Waals surface area contributed by atoms with E-state index in [1.807, 2.05) is 7.05 Å². The van der Waals surface area contributed by atoms with Gasteiger partial charge in [0.05, 0.1) is 13.2 Å². The molecule has 0 spiro atoms. The normalized spacial score (nSPS) is 8.11. The summed E-state index contributed by atoms with van der Waals surface area (Å²) in [6.45, 7) is 5.84. The van der Waals surface area contributed by atoms with Crippen LogP contribution in [-0.2, 0) is 4.74 Å². The van der Waals surface area contributed by atoms with Gasteiger partial charge in [-0.2, -0.15) is 0 Å². The summed E-state index contributed by atoms with van der Waals surface area (Å²) in [7, 11) is 1.90. The summed E-state index contributed by atoms with van der Waals surface area (Å²) >= 11 is 0. The first kappa shape index (κ1) is 11.7. The molecule has 0 aromatic heterocycles. The highest BCUT2D eigenvalue weighted by Gasteiger charge is 1.78. The summed E-state index contributed by atoms with van der Waals surface area (Å²) in [6.07, 6.45) is 1.75. The third kappa shape index (κ3) is 11.5. The summed E-state index contributed by atoms with van der Waals surface area (Å²) in [5.74, 6) is 0. The first-order chi connectivity index (χ1) is 3.91. The molecule has 2 nitrogen and oxygen atoms in total. The van der Waals surface area contributed by atoms with E-state index in [1.54, 1.807) is 6.08 Å². The van der Waals surface area contributed by atoms with Gasteiger partial charge < -0.3 is 10.1 Å². The highest BCUT2D eigenvalue weighted by Crippen LogP contribution is 1.70. The zero-order chi connectivity index (χ0) is 6.24. The SMILES string of the molecule is C=CCOCCNC.Cl. The van der Waals surface area contributed by atoms with Crippen LogP contribution in [0.15, 0.2) is 12.7 Å². The van der Waals surface area contributed by atoms with Crippen LogP contribution in [0.2, 0.25) is 0 Å². The Kier molecular flexibility index (Phi) is 14.1. The number of hydrogen-bond donors (Lipinski definition) is 1. The number of halogens is 1. The Morgan fingerprint density at radius 2 is 2.33 bits per heavy atom. The lowest BCUT2D eigenvalue weighted by Gasteiger charge is -1.97. The van der Waals surface area contributed by atoms with Crippen LogP contribution in [0.3, 0.4) is 0 Å². The first-order valence-corrected chi connectivity index (χ1v) is 2.75. The van der Waals surface area contributed by atoms with Gasteiger partial charge >= 0.3 is 0 Å². The number of ether oxygens (including phenoxy) is 1. The summed E-state index contributed by atoms with van der Waals surface area (Å²) in [4.78, 5) is 0. The summed E-state index contributed by atoms with van der Waals surface area (Å²) in [6, 6.07) is 0. The zero-order valence-electron chi connectivity index (χ0n) is 5.72. The van der Waals surface area contributed by atoms with E-state index in [4.69, 9.17) is 4.74 Å². The minimum absolute atomic E-state index is 0. The molecule has 0 aromatic carbocycles. The van der Waals surface area contributed by atoms with Crippen molar-refractivity contribution in [1.82, 2.24) is 5.32 Å². The fourth-order valence-corrected chi connectivity index (χ4v) is 0.341. The molecule has 0 rings (SSSR count). The van der Waals surface area contributed by atoms with E-state index in [-0.39, 0.29) is 12.4 Å². The van der Waals surface area contributed by atoms with Crippen LogP contribution in [0.1, 0.15) is 0 Å². The average Bonchev–Trinajstić information content (AvgIpc) is 1.81. The second kappa shape index (κ2) is 10.8. The Morgan fingerprint density at radius 3 is 2.78 bits per heavy atom. The molecule has 0 fully saturated rings. The number of nitrogens with one attached hydrogen (secondary N) is 1. The van der Waals surface area contributed by atoms with E-state index in [1.165, 1.54) is 0 Å². The molecule has 0 aromatic rings. The van der Waals surface area contributed by atoms with Crippen molar-refractivity contribution in [2.45, 2.75) is 0 Å². The maximum Gasteiger partial charge on any atom is 0.0645 e. The Morgan fingerprint density at radius 1 is 1.67 bits per heavy atom. The first-order valence-electron chi connectivity index (χ1n) is 2.75. The highest BCUT2D eigenvalue weighted by atomic mass is 35.5. The molecule has 0 aliphatic rings. The summed E-state index contributed by atoms with van der Waals surface area (Å²) < 4.78 is 5.04. The largest absolute Gasteiger partial charge is 0.376 e. The third-order valence-electron chi connectivity index (χ3n) is 0.732. The van der Waals surface area contributed by atoms with Crippen molar-refractivity contribution < 1.29 is 4.74 Å². The van der Waals surface area contributed by atoms with Crippen molar-refractivity contribution in [2.75, 3.05) is 26.8 Å². The van der Waals surface area contributed by atoms with Crippen LogP contribution in [0, 0.1) is 0 Å². The fourth-order valence-electron chi connectivity index (χ4n) is 0.341. The van der Waals surface area contributed by atoms with E-state index in [9.17, 15) is 0 Å². The molecule has 56 valence electrons. The predicted octanol–water partition coefficient (Wildman–Crippen LogP) is 0.830. The molecule has 0 amide bonds.